The van der Waals surface area contributed by atoms with Crippen LogP contribution in [0.4, 0.5) is 5.69 Å². The molecule has 0 atom stereocenters. The molecule has 3 aromatic rings. The number of nitro benzene ring substituents is 1. The second-order valence-corrected chi connectivity index (χ2v) is 7.61. The van der Waals surface area contributed by atoms with Crippen molar-refractivity contribution >= 4 is 34.5 Å². The first kappa shape index (κ1) is 20.8. The van der Waals surface area contributed by atoms with Crippen LogP contribution in [0.15, 0.2) is 47.5 Å². The van der Waals surface area contributed by atoms with Crippen LogP contribution in [0.5, 0.6) is 5.75 Å². The summed E-state index contributed by atoms with van der Waals surface area (Å²) in [5, 5.41) is 11.0. The molecule has 2 aromatic carbocycles. The molecule has 0 spiro atoms. The van der Waals surface area contributed by atoms with Gasteiger partial charge in [-0.05, 0) is 48.4 Å². The number of aromatic nitrogens is 1. The Morgan fingerprint density at radius 2 is 1.97 bits per heavy atom. The van der Waals surface area contributed by atoms with Crippen molar-refractivity contribution in [2.45, 2.75) is 13.3 Å². The van der Waals surface area contributed by atoms with E-state index in [1.165, 1.54) is 23.5 Å². The lowest BCUT2D eigenvalue weighted by molar-refractivity contribution is -0.384. The van der Waals surface area contributed by atoms with Gasteiger partial charge in [-0.3, -0.25) is 14.9 Å². The number of rotatable bonds is 5. The molecule has 0 aliphatic rings. The van der Waals surface area contributed by atoms with E-state index in [1.807, 2.05) is 42.8 Å². The maximum absolute atomic E-state index is 12.6. The van der Waals surface area contributed by atoms with Crippen LogP contribution in [-0.2, 0) is 13.5 Å². The van der Waals surface area contributed by atoms with Crippen molar-refractivity contribution in [1.29, 1.82) is 0 Å². The molecule has 0 saturated carbocycles. The van der Waals surface area contributed by atoms with Crippen LogP contribution in [0.3, 0.4) is 0 Å². The number of methoxy groups -OCH3 is 1. The molecule has 29 heavy (non-hydrogen) atoms. The van der Waals surface area contributed by atoms with Crippen molar-refractivity contribution < 1.29 is 14.5 Å². The number of amides is 1. The Labute approximate surface area is 176 Å². The third kappa shape index (κ3) is 4.23. The molecule has 0 saturated heterocycles. The van der Waals surface area contributed by atoms with Gasteiger partial charge >= 0.3 is 0 Å². The SMILES string of the molecule is CCc1sc(=NC(=O)c2ccc(Cl)c([N+](=O)[O-])c2)n(C)c1-c1ccc(OC)cc1. The molecule has 9 heteroatoms. The average Bonchev–Trinajstić information content (AvgIpc) is 3.03. The molecule has 0 aliphatic carbocycles. The number of carbonyl (C=O) groups excluding carboxylic acids is 1. The van der Waals surface area contributed by atoms with Crippen LogP contribution in [0, 0.1) is 10.1 Å². The van der Waals surface area contributed by atoms with Gasteiger partial charge in [0.2, 0.25) is 0 Å². The molecule has 1 heterocycles. The van der Waals surface area contributed by atoms with Crippen molar-refractivity contribution in [3.63, 3.8) is 0 Å². The minimum atomic E-state index is -0.624. The monoisotopic (exact) mass is 431 g/mol. The number of thiazole rings is 1. The number of hydrogen-bond donors (Lipinski definition) is 0. The van der Waals surface area contributed by atoms with Gasteiger partial charge in [-0.2, -0.15) is 4.99 Å². The van der Waals surface area contributed by atoms with Crippen molar-refractivity contribution in [1.82, 2.24) is 4.57 Å². The van der Waals surface area contributed by atoms with E-state index >= 15 is 0 Å². The van der Waals surface area contributed by atoms with Crippen molar-refractivity contribution in [2.75, 3.05) is 7.11 Å². The molecule has 0 radical (unpaired) electrons. The Kier molecular flexibility index (Phi) is 6.14. The van der Waals surface area contributed by atoms with Gasteiger partial charge in [-0.1, -0.05) is 18.5 Å². The summed E-state index contributed by atoms with van der Waals surface area (Å²) in [6.45, 7) is 2.03. The summed E-state index contributed by atoms with van der Waals surface area (Å²) >= 11 is 7.23. The van der Waals surface area contributed by atoms with E-state index in [0.717, 1.165) is 34.4 Å². The van der Waals surface area contributed by atoms with Crippen molar-refractivity contribution in [2.24, 2.45) is 12.0 Å². The predicted octanol–water partition coefficient (Wildman–Crippen LogP) is 4.63. The molecule has 1 aromatic heterocycles. The molecule has 0 N–H and O–H groups in total. The Morgan fingerprint density at radius 3 is 2.55 bits per heavy atom. The van der Waals surface area contributed by atoms with Gasteiger partial charge in [-0.15, -0.1) is 11.3 Å². The van der Waals surface area contributed by atoms with E-state index in [2.05, 4.69) is 4.99 Å². The lowest BCUT2D eigenvalue weighted by Gasteiger charge is -2.07. The molecule has 3 rings (SSSR count). The van der Waals surface area contributed by atoms with Crippen LogP contribution in [-0.4, -0.2) is 22.5 Å². The summed E-state index contributed by atoms with van der Waals surface area (Å²) in [5.74, 6) is 0.194. The number of carbonyl (C=O) groups is 1. The van der Waals surface area contributed by atoms with Gasteiger partial charge in [0.05, 0.1) is 17.7 Å². The molecule has 0 unspecified atom stereocenters. The number of benzene rings is 2. The minimum Gasteiger partial charge on any atom is -0.497 e. The molecule has 0 bridgehead atoms. The first-order valence-electron chi connectivity index (χ1n) is 8.71. The number of hydrogen-bond acceptors (Lipinski definition) is 5. The number of halogens is 1. The Morgan fingerprint density at radius 1 is 1.28 bits per heavy atom. The molecular formula is C20H18ClN3O4S. The number of ether oxygens (including phenoxy) is 1. The maximum Gasteiger partial charge on any atom is 0.288 e. The minimum absolute atomic E-state index is 0.0247. The van der Waals surface area contributed by atoms with Gasteiger partial charge in [0, 0.05) is 23.6 Å². The third-order valence-electron chi connectivity index (χ3n) is 4.37. The fourth-order valence-electron chi connectivity index (χ4n) is 2.89. The van der Waals surface area contributed by atoms with E-state index < -0.39 is 10.8 Å². The van der Waals surface area contributed by atoms with E-state index in [4.69, 9.17) is 16.3 Å². The Hall–Kier alpha value is -2.97. The quantitative estimate of drug-likeness (QED) is 0.435. The molecule has 1 amide bonds. The zero-order valence-electron chi connectivity index (χ0n) is 16.0. The zero-order chi connectivity index (χ0) is 21.1. The van der Waals surface area contributed by atoms with E-state index in [1.54, 1.807) is 7.11 Å². The number of nitro groups is 1. The third-order valence-corrected chi connectivity index (χ3v) is 5.97. The van der Waals surface area contributed by atoms with Crippen LogP contribution < -0.4 is 9.54 Å². The summed E-state index contributed by atoms with van der Waals surface area (Å²) in [6, 6.07) is 11.6. The van der Waals surface area contributed by atoms with E-state index in [0.29, 0.717) is 4.80 Å². The standard InChI is InChI=1S/C20H18ClN3O4S/c1-4-17-18(12-5-8-14(28-3)9-6-12)23(2)20(29-17)22-19(25)13-7-10-15(21)16(11-13)24(26)27/h5-11H,4H2,1-3H3. The Balaban J connectivity index is 2.06. The summed E-state index contributed by atoms with van der Waals surface area (Å²) in [5.41, 5.74) is 1.74. The molecular weight excluding hydrogens is 414 g/mol. The summed E-state index contributed by atoms with van der Waals surface area (Å²) in [7, 11) is 3.45. The van der Waals surface area contributed by atoms with Gasteiger partial charge in [0.15, 0.2) is 4.80 Å². The highest BCUT2D eigenvalue weighted by molar-refractivity contribution is 7.09. The zero-order valence-corrected chi connectivity index (χ0v) is 17.6. The fourth-order valence-corrected chi connectivity index (χ4v) is 4.15. The van der Waals surface area contributed by atoms with Crippen molar-refractivity contribution in [3.8, 4) is 17.0 Å². The van der Waals surface area contributed by atoms with Crippen LogP contribution in [0.1, 0.15) is 22.2 Å². The van der Waals surface area contributed by atoms with Crippen LogP contribution >= 0.6 is 22.9 Å². The summed E-state index contributed by atoms with van der Waals surface area (Å²) < 4.78 is 7.06. The normalized spacial score (nSPS) is 11.5. The molecule has 0 fully saturated rings. The van der Waals surface area contributed by atoms with Gasteiger partial charge in [0.25, 0.3) is 11.6 Å². The van der Waals surface area contributed by atoms with Gasteiger partial charge in [0.1, 0.15) is 10.8 Å². The topological polar surface area (TPSA) is 86.7 Å². The fraction of sp³-hybridized carbons (Fsp3) is 0.200. The maximum atomic E-state index is 12.6. The van der Waals surface area contributed by atoms with Gasteiger partial charge < -0.3 is 9.30 Å². The van der Waals surface area contributed by atoms with Crippen LogP contribution in [0.2, 0.25) is 5.02 Å². The number of nitrogens with zero attached hydrogens (tertiary/aromatic N) is 3. The molecule has 0 aliphatic heterocycles. The van der Waals surface area contributed by atoms with Crippen LogP contribution in [0.25, 0.3) is 11.3 Å². The lowest BCUT2D eigenvalue weighted by Crippen LogP contribution is -2.14. The smallest absolute Gasteiger partial charge is 0.288 e. The highest BCUT2D eigenvalue weighted by atomic mass is 35.5. The summed E-state index contributed by atoms with van der Waals surface area (Å²) in [6.07, 6.45) is 0.774. The summed E-state index contributed by atoms with van der Waals surface area (Å²) in [4.78, 5) is 28.9. The van der Waals surface area contributed by atoms with E-state index in [9.17, 15) is 14.9 Å². The second kappa shape index (κ2) is 8.59. The number of aryl methyl sites for hydroxylation is 1. The second-order valence-electron chi connectivity index (χ2n) is 6.14. The van der Waals surface area contributed by atoms with Crippen molar-refractivity contribution in [3.05, 3.63) is 72.8 Å². The van der Waals surface area contributed by atoms with E-state index in [-0.39, 0.29) is 16.3 Å². The van der Waals surface area contributed by atoms with Gasteiger partial charge in [-0.25, -0.2) is 0 Å². The first-order chi connectivity index (χ1) is 13.8. The lowest BCUT2D eigenvalue weighted by atomic mass is 10.1. The highest BCUT2D eigenvalue weighted by Gasteiger charge is 2.17. The average molecular weight is 432 g/mol. The molecule has 150 valence electrons. The highest BCUT2D eigenvalue weighted by Crippen LogP contribution is 2.28. The largest absolute Gasteiger partial charge is 0.497 e. The predicted molar refractivity (Wildman–Crippen MR) is 113 cm³/mol. The first-order valence-corrected chi connectivity index (χ1v) is 9.91. The Bertz CT molecular complexity index is 1150. The molecule has 7 nitrogen and oxygen atoms in total.